The molecule has 0 atom stereocenters. The average molecular weight is 178 g/mol. The standard InChI is InChI=1S/C11H15NO/c1-9-4-5-10(8-11(9)13)12-6-2-3-7-12/h8H,1-7H2/p+1. The topological polar surface area (TPSA) is 21.5 Å². The van der Waals surface area contributed by atoms with Crippen molar-refractivity contribution >= 4 is 5.78 Å². The molecule has 70 valence electrons. The number of carbonyl (C=O) groups is 1. The van der Waals surface area contributed by atoms with Gasteiger partial charge in [0, 0.05) is 25.3 Å². The van der Waals surface area contributed by atoms with Crippen LogP contribution in [0.15, 0.2) is 23.9 Å². The molecule has 2 nitrogen and oxygen atoms in total. The molecule has 0 aromatic rings. The number of hydrogen-bond donors (Lipinski definition) is 1. The van der Waals surface area contributed by atoms with Crippen molar-refractivity contribution in [2.24, 2.45) is 0 Å². The van der Waals surface area contributed by atoms with Crippen LogP contribution in [0.3, 0.4) is 0 Å². The Morgan fingerprint density at radius 3 is 2.54 bits per heavy atom. The quantitative estimate of drug-likeness (QED) is 0.579. The van der Waals surface area contributed by atoms with Gasteiger partial charge in [0.1, 0.15) is 5.70 Å². The average Bonchev–Trinajstić information content (AvgIpc) is 2.62. The van der Waals surface area contributed by atoms with Crippen molar-refractivity contribution in [1.29, 1.82) is 0 Å². The summed E-state index contributed by atoms with van der Waals surface area (Å²) in [5.74, 6) is 0.153. The number of nitrogens with one attached hydrogen (secondary N) is 1. The molecule has 2 rings (SSSR count). The number of rotatable bonds is 1. The fourth-order valence-corrected chi connectivity index (χ4v) is 2.14. The van der Waals surface area contributed by atoms with Crippen LogP contribution in [0.1, 0.15) is 25.7 Å². The number of allylic oxidation sites excluding steroid dienone is 3. The van der Waals surface area contributed by atoms with Gasteiger partial charge in [-0.05, 0) is 12.0 Å². The van der Waals surface area contributed by atoms with Crippen molar-refractivity contribution in [3.05, 3.63) is 23.9 Å². The van der Waals surface area contributed by atoms with Gasteiger partial charge in [0.2, 0.25) is 0 Å². The molecule has 1 aliphatic heterocycles. The SMILES string of the molecule is C=C1CCC([NH+]2CCCC2)=CC1=O. The molecule has 0 amide bonds. The van der Waals surface area contributed by atoms with Crippen LogP contribution in [0.4, 0.5) is 0 Å². The van der Waals surface area contributed by atoms with Crippen LogP contribution in [-0.2, 0) is 4.79 Å². The van der Waals surface area contributed by atoms with Gasteiger partial charge in [0.15, 0.2) is 5.78 Å². The summed E-state index contributed by atoms with van der Waals surface area (Å²) in [7, 11) is 0. The van der Waals surface area contributed by atoms with Gasteiger partial charge < -0.3 is 4.90 Å². The van der Waals surface area contributed by atoms with Gasteiger partial charge in [0.25, 0.3) is 0 Å². The lowest BCUT2D eigenvalue weighted by atomic mass is 9.98. The Balaban J connectivity index is 2.11. The molecule has 0 saturated carbocycles. The lowest BCUT2D eigenvalue weighted by Crippen LogP contribution is -3.08. The molecule has 13 heavy (non-hydrogen) atoms. The minimum absolute atomic E-state index is 0.153. The Bertz CT molecular complexity index is 272. The maximum Gasteiger partial charge on any atom is 0.186 e. The van der Waals surface area contributed by atoms with Crippen molar-refractivity contribution in [2.45, 2.75) is 25.7 Å². The molecule has 0 aromatic carbocycles. The van der Waals surface area contributed by atoms with Gasteiger partial charge in [-0.3, -0.25) is 4.79 Å². The Labute approximate surface area is 78.9 Å². The molecule has 2 heteroatoms. The normalized spacial score (nSPS) is 25.1. The fraction of sp³-hybridized carbons (Fsp3) is 0.545. The molecule has 0 radical (unpaired) electrons. The third-order valence-corrected chi connectivity index (χ3v) is 3.01. The van der Waals surface area contributed by atoms with Crippen LogP contribution < -0.4 is 4.90 Å². The largest absolute Gasteiger partial charge is 0.306 e. The van der Waals surface area contributed by atoms with Gasteiger partial charge >= 0.3 is 0 Å². The van der Waals surface area contributed by atoms with E-state index in [4.69, 9.17) is 0 Å². The van der Waals surface area contributed by atoms with Gasteiger partial charge in [-0.25, -0.2) is 0 Å². The smallest absolute Gasteiger partial charge is 0.186 e. The van der Waals surface area contributed by atoms with Crippen molar-refractivity contribution in [3.8, 4) is 0 Å². The summed E-state index contributed by atoms with van der Waals surface area (Å²) in [5, 5.41) is 0. The van der Waals surface area contributed by atoms with Crippen LogP contribution in [0.5, 0.6) is 0 Å². The maximum absolute atomic E-state index is 11.4. The number of hydrogen-bond acceptors (Lipinski definition) is 1. The van der Waals surface area contributed by atoms with E-state index in [9.17, 15) is 4.79 Å². The molecule has 1 fully saturated rings. The number of likely N-dealkylation sites (tertiary alicyclic amines) is 1. The van der Waals surface area contributed by atoms with Crippen molar-refractivity contribution < 1.29 is 9.69 Å². The highest BCUT2D eigenvalue weighted by Gasteiger charge is 2.24. The zero-order valence-corrected chi connectivity index (χ0v) is 7.94. The van der Waals surface area contributed by atoms with Gasteiger partial charge in [-0.2, -0.15) is 0 Å². The zero-order chi connectivity index (χ0) is 9.26. The fourth-order valence-electron chi connectivity index (χ4n) is 2.14. The van der Waals surface area contributed by atoms with E-state index < -0.39 is 0 Å². The lowest BCUT2D eigenvalue weighted by molar-refractivity contribution is -0.848. The first-order valence-electron chi connectivity index (χ1n) is 5.05. The number of carbonyl (C=O) groups excluding carboxylic acids is 1. The second-order valence-corrected chi connectivity index (χ2v) is 3.95. The van der Waals surface area contributed by atoms with E-state index in [1.165, 1.54) is 36.5 Å². The minimum Gasteiger partial charge on any atom is -0.306 e. The summed E-state index contributed by atoms with van der Waals surface area (Å²) in [6.07, 6.45) is 6.34. The van der Waals surface area contributed by atoms with E-state index in [2.05, 4.69) is 6.58 Å². The van der Waals surface area contributed by atoms with E-state index >= 15 is 0 Å². The highest BCUT2D eigenvalue weighted by molar-refractivity contribution is 6.04. The summed E-state index contributed by atoms with van der Waals surface area (Å²) in [6.45, 7) is 6.18. The van der Waals surface area contributed by atoms with Crippen LogP contribution >= 0.6 is 0 Å². The summed E-state index contributed by atoms with van der Waals surface area (Å²) in [4.78, 5) is 12.9. The summed E-state index contributed by atoms with van der Waals surface area (Å²) in [6, 6.07) is 0. The first-order valence-corrected chi connectivity index (χ1v) is 5.05. The third kappa shape index (κ3) is 1.73. The predicted octanol–water partition coefficient (Wildman–Crippen LogP) is 0.468. The van der Waals surface area contributed by atoms with E-state index in [-0.39, 0.29) is 5.78 Å². The second kappa shape index (κ2) is 3.46. The first kappa shape index (κ1) is 8.70. The highest BCUT2D eigenvalue weighted by Crippen LogP contribution is 2.15. The summed E-state index contributed by atoms with van der Waals surface area (Å²) >= 11 is 0. The second-order valence-electron chi connectivity index (χ2n) is 3.95. The number of ketones is 1. The van der Waals surface area contributed by atoms with Gasteiger partial charge in [-0.1, -0.05) is 6.58 Å². The van der Waals surface area contributed by atoms with E-state index in [1.807, 2.05) is 6.08 Å². The maximum atomic E-state index is 11.4. The van der Waals surface area contributed by atoms with Crippen LogP contribution in [0.2, 0.25) is 0 Å². The molecular formula is C11H16NO+. The van der Waals surface area contributed by atoms with E-state index in [0.717, 1.165) is 18.4 Å². The van der Waals surface area contributed by atoms with Crippen molar-refractivity contribution in [1.82, 2.24) is 0 Å². The molecule has 2 aliphatic rings. The lowest BCUT2D eigenvalue weighted by Gasteiger charge is -2.18. The Morgan fingerprint density at radius 1 is 1.23 bits per heavy atom. The molecule has 1 aliphatic carbocycles. The van der Waals surface area contributed by atoms with Crippen LogP contribution in [-0.4, -0.2) is 18.9 Å². The van der Waals surface area contributed by atoms with Crippen molar-refractivity contribution in [3.63, 3.8) is 0 Å². The molecule has 0 unspecified atom stereocenters. The number of quaternary nitrogens is 1. The molecular weight excluding hydrogens is 162 g/mol. The molecule has 1 saturated heterocycles. The molecule has 0 aromatic heterocycles. The predicted molar refractivity (Wildman–Crippen MR) is 51.4 cm³/mol. The van der Waals surface area contributed by atoms with Crippen LogP contribution in [0, 0.1) is 0 Å². The first-order chi connectivity index (χ1) is 6.27. The molecule has 1 heterocycles. The van der Waals surface area contributed by atoms with E-state index in [1.54, 1.807) is 0 Å². The monoisotopic (exact) mass is 178 g/mol. The highest BCUT2D eigenvalue weighted by atomic mass is 16.1. The molecule has 0 spiro atoms. The van der Waals surface area contributed by atoms with Gasteiger partial charge in [-0.15, -0.1) is 0 Å². The minimum atomic E-state index is 0.153. The van der Waals surface area contributed by atoms with Gasteiger partial charge in [0.05, 0.1) is 13.1 Å². The zero-order valence-electron chi connectivity index (χ0n) is 7.94. The van der Waals surface area contributed by atoms with Crippen LogP contribution in [0.25, 0.3) is 0 Å². The third-order valence-electron chi connectivity index (χ3n) is 3.01. The summed E-state index contributed by atoms with van der Waals surface area (Å²) < 4.78 is 0. The summed E-state index contributed by atoms with van der Waals surface area (Å²) in [5.41, 5.74) is 2.09. The molecule has 0 bridgehead atoms. The Hall–Kier alpha value is -0.890. The Kier molecular flexibility index (Phi) is 2.32. The van der Waals surface area contributed by atoms with Crippen molar-refractivity contribution in [2.75, 3.05) is 13.1 Å². The van der Waals surface area contributed by atoms with E-state index in [0.29, 0.717) is 0 Å². The molecule has 1 N–H and O–H groups in total. The Morgan fingerprint density at radius 2 is 1.92 bits per heavy atom.